The molecule has 5 rings (SSSR count). The summed E-state index contributed by atoms with van der Waals surface area (Å²) in [5, 5.41) is 9.53. The monoisotopic (exact) mass is 400 g/mol. The fourth-order valence-electron chi connectivity index (χ4n) is 6.09. The van der Waals surface area contributed by atoms with Crippen molar-refractivity contribution in [2.45, 2.75) is 50.5 Å². The Labute approximate surface area is 170 Å². The molecule has 0 aliphatic heterocycles. The van der Waals surface area contributed by atoms with E-state index in [1.165, 1.54) is 25.3 Å². The summed E-state index contributed by atoms with van der Waals surface area (Å²) < 4.78 is 5.30. The van der Waals surface area contributed by atoms with E-state index in [9.17, 15) is 9.59 Å². The average Bonchev–Trinajstić information content (AvgIpc) is 2.65. The number of hydrogen-bond acceptors (Lipinski definition) is 4. The lowest BCUT2D eigenvalue weighted by molar-refractivity contribution is -0.153. The molecule has 4 bridgehead atoms. The molecule has 0 spiro atoms. The predicted molar refractivity (Wildman–Crippen MR) is 105 cm³/mol. The van der Waals surface area contributed by atoms with E-state index in [2.05, 4.69) is 6.07 Å². The van der Waals surface area contributed by atoms with Crippen molar-refractivity contribution in [1.82, 2.24) is 4.90 Å². The van der Waals surface area contributed by atoms with Crippen molar-refractivity contribution in [2.24, 2.45) is 17.8 Å². The van der Waals surface area contributed by atoms with E-state index < -0.39 is 5.97 Å². The first-order valence-electron chi connectivity index (χ1n) is 10.1. The predicted octanol–water partition coefficient (Wildman–Crippen LogP) is 4.21. The molecule has 0 aromatic heterocycles. The van der Waals surface area contributed by atoms with Gasteiger partial charge in [0.2, 0.25) is 0 Å². The highest BCUT2D eigenvalue weighted by molar-refractivity contribution is 6.30. The van der Waals surface area contributed by atoms with Gasteiger partial charge in [-0.3, -0.25) is 4.79 Å². The average molecular weight is 401 g/mol. The van der Waals surface area contributed by atoms with E-state index in [1.54, 1.807) is 18.2 Å². The highest BCUT2D eigenvalue weighted by Crippen LogP contribution is 2.57. The lowest BCUT2D eigenvalue weighted by Crippen LogP contribution is -2.62. The van der Waals surface area contributed by atoms with Crippen LogP contribution in [0.25, 0.3) is 0 Å². The molecule has 4 aliphatic carbocycles. The molecule has 0 atom stereocenters. The lowest BCUT2D eigenvalue weighted by Gasteiger charge is -2.60. The number of nitrogens with zero attached hydrogens (tertiary/aromatic N) is 2. The van der Waals surface area contributed by atoms with Crippen LogP contribution in [0.15, 0.2) is 24.3 Å². The maximum atomic E-state index is 13.1. The Kier molecular flexibility index (Phi) is 5.33. The molecule has 0 unspecified atom stereocenters. The Morgan fingerprint density at radius 2 is 1.82 bits per heavy atom. The SMILES string of the molecule is N#CCCN(C(=O)COC(=O)c1cccc(Cl)c1)C12CC3CC(CC(C3)C1)C2. The van der Waals surface area contributed by atoms with Crippen LogP contribution in [-0.4, -0.2) is 35.5 Å². The zero-order chi connectivity index (χ0) is 19.7. The topological polar surface area (TPSA) is 70.4 Å². The van der Waals surface area contributed by atoms with Gasteiger partial charge in [0.1, 0.15) is 0 Å². The largest absolute Gasteiger partial charge is 0.452 e. The van der Waals surface area contributed by atoms with Gasteiger partial charge in [0.05, 0.1) is 18.1 Å². The van der Waals surface area contributed by atoms with Crippen LogP contribution in [0.3, 0.4) is 0 Å². The van der Waals surface area contributed by atoms with Crippen LogP contribution in [0.2, 0.25) is 5.02 Å². The smallest absolute Gasteiger partial charge is 0.338 e. The molecule has 6 heteroatoms. The third-order valence-corrected chi connectivity index (χ3v) is 6.95. The molecule has 0 heterocycles. The van der Waals surface area contributed by atoms with Crippen LogP contribution >= 0.6 is 11.6 Å². The second-order valence-corrected chi connectivity index (χ2v) is 9.12. The number of nitriles is 1. The Bertz CT molecular complexity index is 781. The summed E-state index contributed by atoms with van der Waals surface area (Å²) in [5.74, 6) is 1.34. The minimum absolute atomic E-state index is 0.148. The van der Waals surface area contributed by atoms with E-state index >= 15 is 0 Å². The first-order chi connectivity index (χ1) is 13.5. The van der Waals surface area contributed by atoms with Crippen molar-refractivity contribution < 1.29 is 14.3 Å². The van der Waals surface area contributed by atoms with E-state index in [0.29, 0.717) is 41.3 Å². The van der Waals surface area contributed by atoms with Crippen molar-refractivity contribution in [1.29, 1.82) is 5.26 Å². The molecular formula is C22H25ClN2O3. The lowest BCUT2D eigenvalue weighted by atomic mass is 9.52. The zero-order valence-corrected chi connectivity index (χ0v) is 16.7. The van der Waals surface area contributed by atoms with Crippen LogP contribution in [-0.2, 0) is 9.53 Å². The number of ether oxygens (including phenoxy) is 1. The van der Waals surface area contributed by atoms with Crippen molar-refractivity contribution >= 4 is 23.5 Å². The number of amides is 1. The summed E-state index contributed by atoms with van der Waals surface area (Å²) >= 11 is 5.92. The minimum Gasteiger partial charge on any atom is -0.452 e. The second kappa shape index (κ2) is 7.75. The highest BCUT2D eigenvalue weighted by Gasteiger charge is 2.54. The van der Waals surface area contributed by atoms with Crippen molar-refractivity contribution in [3.8, 4) is 6.07 Å². The fourth-order valence-corrected chi connectivity index (χ4v) is 6.28. The number of benzene rings is 1. The van der Waals surface area contributed by atoms with Crippen LogP contribution in [0.4, 0.5) is 0 Å². The Morgan fingerprint density at radius 3 is 2.39 bits per heavy atom. The molecule has 1 aromatic carbocycles. The van der Waals surface area contributed by atoms with E-state index in [-0.39, 0.29) is 18.1 Å². The van der Waals surface area contributed by atoms with E-state index in [0.717, 1.165) is 19.3 Å². The summed E-state index contributed by atoms with van der Waals surface area (Å²) in [6, 6.07) is 8.67. The Hall–Kier alpha value is -2.06. The first kappa shape index (κ1) is 19.3. The quantitative estimate of drug-likeness (QED) is 0.670. The van der Waals surface area contributed by atoms with Gasteiger partial charge >= 0.3 is 5.97 Å². The summed E-state index contributed by atoms with van der Waals surface area (Å²) in [7, 11) is 0. The molecule has 28 heavy (non-hydrogen) atoms. The highest BCUT2D eigenvalue weighted by atomic mass is 35.5. The molecule has 5 nitrogen and oxygen atoms in total. The maximum absolute atomic E-state index is 13.1. The standard InChI is InChI=1S/C22H25ClN2O3/c23-19-4-1-3-18(10-19)21(27)28-14-20(26)25(6-2-5-24)22-11-15-7-16(12-22)9-17(8-15)13-22/h1,3-4,10,15-17H,2,6-9,11-14H2. The molecule has 4 fully saturated rings. The summed E-state index contributed by atoms with van der Waals surface area (Å²) in [6.45, 7) is 0.120. The van der Waals surface area contributed by atoms with Gasteiger partial charge in [-0.25, -0.2) is 4.79 Å². The summed E-state index contributed by atoms with van der Waals surface area (Å²) in [4.78, 5) is 27.2. The molecule has 4 aliphatic rings. The molecule has 148 valence electrons. The maximum Gasteiger partial charge on any atom is 0.338 e. The van der Waals surface area contributed by atoms with Crippen LogP contribution in [0, 0.1) is 29.1 Å². The number of halogens is 1. The molecular weight excluding hydrogens is 376 g/mol. The van der Waals surface area contributed by atoms with Gasteiger partial charge in [-0.15, -0.1) is 0 Å². The number of rotatable bonds is 6. The Morgan fingerprint density at radius 1 is 1.18 bits per heavy atom. The zero-order valence-electron chi connectivity index (χ0n) is 15.9. The van der Waals surface area contributed by atoms with Gasteiger partial charge in [0.15, 0.2) is 6.61 Å². The Balaban J connectivity index is 1.46. The first-order valence-corrected chi connectivity index (χ1v) is 10.5. The van der Waals surface area contributed by atoms with E-state index in [1.807, 2.05) is 4.90 Å². The van der Waals surface area contributed by atoms with Gasteiger partial charge < -0.3 is 9.64 Å². The molecule has 0 radical (unpaired) electrons. The summed E-state index contributed by atoms with van der Waals surface area (Å²) in [5.41, 5.74) is 0.184. The second-order valence-electron chi connectivity index (χ2n) is 8.68. The van der Waals surface area contributed by atoms with Gasteiger partial charge in [-0.05, 0) is 74.5 Å². The fraction of sp³-hybridized carbons (Fsp3) is 0.591. The minimum atomic E-state index is -0.554. The number of esters is 1. The van der Waals surface area contributed by atoms with Gasteiger partial charge in [0, 0.05) is 17.1 Å². The molecule has 0 saturated heterocycles. The number of hydrogen-bond donors (Lipinski definition) is 0. The normalized spacial score (nSPS) is 29.9. The number of carbonyl (C=O) groups excluding carboxylic acids is 2. The van der Waals surface area contributed by atoms with Gasteiger partial charge in [-0.2, -0.15) is 5.26 Å². The van der Waals surface area contributed by atoms with Gasteiger partial charge in [-0.1, -0.05) is 17.7 Å². The van der Waals surface area contributed by atoms with Crippen LogP contribution in [0.1, 0.15) is 55.3 Å². The van der Waals surface area contributed by atoms with Crippen LogP contribution in [0.5, 0.6) is 0 Å². The van der Waals surface area contributed by atoms with Crippen molar-refractivity contribution in [3.05, 3.63) is 34.9 Å². The van der Waals surface area contributed by atoms with Crippen molar-refractivity contribution in [2.75, 3.05) is 13.2 Å². The van der Waals surface area contributed by atoms with E-state index in [4.69, 9.17) is 21.6 Å². The van der Waals surface area contributed by atoms with Crippen LogP contribution < -0.4 is 0 Å². The third kappa shape index (κ3) is 3.75. The molecule has 0 N–H and O–H groups in total. The van der Waals surface area contributed by atoms with Gasteiger partial charge in [0.25, 0.3) is 5.91 Å². The molecule has 1 aromatic rings. The van der Waals surface area contributed by atoms with Crippen molar-refractivity contribution in [3.63, 3.8) is 0 Å². The molecule has 1 amide bonds. The number of carbonyl (C=O) groups is 2. The summed E-state index contributed by atoms with van der Waals surface area (Å²) in [6.07, 6.45) is 7.22. The third-order valence-electron chi connectivity index (χ3n) is 6.71. The molecule has 4 saturated carbocycles.